The molecule has 0 saturated carbocycles. The fraction of sp³-hybridized carbons (Fsp3) is 0.769. The van der Waals surface area contributed by atoms with Crippen LogP contribution in [0.4, 0.5) is 0 Å². The van der Waals surface area contributed by atoms with Crippen LogP contribution < -0.4 is 5.32 Å². The first-order valence-corrected chi connectivity index (χ1v) is 6.64. The zero-order valence-electron chi connectivity index (χ0n) is 11.5. The molecule has 1 saturated heterocycles. The van der Waals surface area contributed by atoms with Gasteiger partial charge in [-0.3, -0.25) is 4.68 Å². The first kappa shape index (κ1) is 13.5. The normalized spacial score (nSPS) is 22.1. The molecule has 0 bridgehead atoms. The molecule has 18 heavy (non-hydrogen) atoms. The van der Waals surface area contributed by atoms with E-state index in [-0.39, 0.29) is 12.1 Å². The van der Waals surface area contributed by atoms with E-state index in [2.05, 4.69) is 28.1 Å². The van der Waals surface area contributed by atoms with Crippen LogP contribution in [0, 0.1) is 6.92 Å². The molecule has 1 aromatic rings. The molecule has 1 N–H and O–H groups in total. The van der Waals surface area contributed by atoms with Gasteiger partial charge in [0.25, 0.3) is 0 Å². The van der Waals surface area contributed by atoms with E-state index in [0.29, 0.717) is 19.8 Å². The Balaban J connectivity index is 2.04. The van der Waals surface area contributed by atoms with Crippen molar-refractivity contribution in [3.63, 3.8) is 0 Å². The van der Waals surface area contributed by atoms with Crippen molar-refractivity contribution in [2.75, 3.05) is 26.9 Å². The summed E-state index contributed by atoms with van der Waals surface area (Å²) in [6, 6.07) is 2.42. The van der Waals surface area contributed by atoms with E-state index in [1.165, 1.54) is 5.69 Å². The second-order valence-electron chi connectivity index (χ2n) is 4.68. The number of aryl methyl sites for hydroxylation is 2. The number of hydrogen-bond acceptors (Lipinski definition) is 4. The average Bonchev–Trinajstić information content (AvgIpc) is 2.77. The molecule has 1 aromatic heterocycles. The first-order chi connectivity index (χ1) is 8.74. The number of aromatic nitrogens is 2. The molecule has 2 rings (SSSR count). The van der Waals surface area contributed by atoms with Gasteiger partial charge < -0.3 is 14.8 Å². The van der Waals surface area contributed by atoms with Crippen LogP contribution in [0.3, 0.4) is 0 Å². The third-order valence-corrected chi connectivity index (χ3v) is 3.38. The number of hydrogen-bond donors (Lipinski definition) is 1. The summed E-state index contributed by atoms with van der Waals surface area (Å²) in [7, 11) is 1.97. The number of nitrogens with one attached hydrogen (secondary N) is 1. The van der Waals surface area contributed by atoms with Gasteiger partial charge in [-0.2, -0.15) is 5.10 Å². The maximum atomic E-state index is 5.77. The number of ether oxygens (including phenoxy) is 2. The Morgan fingerprint density at radius 1 is 1.56 bits per heavy atom. The Morgan fingerprint density at radius 2 is 2.39 bits per heavy atom. The van der Waals surface area contributed by atoms with Crippen molar-refractivity contribution < 1.29 is 9.47 Å². The minimum absolute atomic E-state index is 0.129. The van der Waals surface area contributed by atoms with E-state index in [9.17, 15) is 0 Å². The second kappa shape index (κ2) is 6.31. The summed E-state index contributed by atoms with van der Waals surface area (Å²) < 4.78 is 13.3. The lowest BCUT2D eigenvalue weighted by Crippen LogP contribution is -2.46. The summed E-state index contributed by atoms with van der Waals surface area (Å²) in [4.78, 5) is 0. The zero-order chi connectivity index (χ0) is 13.0. The SMILES string of the molecule is CCn1nc(C)cc1CC(NC)C1COCCO1. The highest BCUT2D eigenvalue weighted by Crippen LogP contribution is 2.13. The maximum absolute atomic E-state index is 5.77. The Labute approximate surface area is 108 Å². The molecule has 0 aromatic carbocycles. The van der Waals surface area contributed by atoms with E-state index in [1.807, 2.05) is 14.0 Å². The molecule has 2 heterocycles. The van der Waals surface area contributed by atoms with E-state index >= 15 is 0 Å². The monoisotopic (exact) mass is 253 g/mol. The lowest BCUT2D eigenvalue weighted by atomic mass is 10.1. The minimum Gasteiger partial charge on any atom is -0.376 e. The van der Waals surface area contributed by atoms with Crippen LogP contribution in [0.25, 0.3) is 0 Å². The van der Waals surface area contributed by atoms with Gasteiger partial charge in [0.2, 0.25) is 0 Å². The quantitative estimate of drug-likeness (QED) is 0.841. The molecule has 0 amide bonds. The van der Waals surface area contributed by atoms with Crippen LogP contribution in [0.5, 0.6) is 0 Å². The van der Waals surface area contributed by atoms with Crippen molar-refractivity contribution in [1.82, 2.24) is 15.1 Å². The number of nitrogens with zero attached hydrogens (tertiary/aromatic N) is 2. The van der Waals surface area contributed by atoms with Gasteiger partial charge in [-0.25, -0.2) is 0 Å². The molecule has 2 atom stereocenters. The van der Waals surface area contributed by atoms with Gasteiger partial charge in [0.15, 0.2) is 0 Å². The molecule has 1 aliphatic rings. The van der Waals surface area contributed by atoms with Crippen molar-refractivity contribution >= 4 is 0 Å². The molecule has 0 radical (unpaired) electrons. The van der Waals surface area contributed by atoms with Crippen molar-refractivity contribution in [1.29, 1.82) is 0 Å². The molecule has 5 nitrogen and oxygen atoms in total. The summed E-state index contributed by atoms with van der Waals surface area (Å²) in [6.07, 6.45) is 1.04. The summed E-state index contributed by atoms with van der Waals surface area (Å²) in [6.45, 7) is 7.12. The van der Waals surface area contributed by atoms with Crippen LogP contribution in [0.2, 0.25) is 0 Å². The Bertz CT molecular complexity index is 372. The second-order valence-corrected chi connectivity index (χ2v) is 4.68. The fourth-order valence-corrected chi connectivity index (χ4v) is 2.42. The summed E-state index contributed by atoms with van der Waals surface area (Å²) in [5, 5.41) is 7.81. The average molecular weight is 253 g/mol. The molecule has 2 unspecified atom stereocenters. The lowest BCUT2D eigenvalue weighted by Gasteiger charge is -2.30. The molecule has 1 aliphatic heterocycles. The van der Waals surface area contributed by atoms with Crippen molar-refractivity contribution in [3.8, 4) is 0 Å². The molecule has 5 heteroatoms. The standard InChI is InChI=1S/C13H23N3O2/c1-4-16-11(7-10(2)15-16)8-12(14-3)13-9-17-5-6-18-13/h7,12-14H,4-6,8-9H2,1-3H3. The van der Waals surface area contributed by atoms with Crippen molar-refractivity contribution in [2.45, 2.75) is 39.0 Å². The zero-order valence-corrected chi connectivity index (χ0v) is 11.5. The molecular formula is C13H23N3O2. The van der Waals surface area contributed by atoms with Crippen LogP contribution in [0.15, 0.2) is 6.07 Å². The molecule has 0 spiro atoms. The van der Waals surface area contributed by atoms with Gasteiger partial charge >= 0.3 is 0 Å². The molecule has 1 fully saturated rings. The van der Waals surface area contributed by atoms with Crippen molar-refractivity contribution in [3.05, 3.63) is 17.5 Å². The highest BCUT2D eigenvalue weighted by molar-refractivity contribution is 5.11. The molecule has 102 valence electrons. The predicted octanol–water partition coefficient (Wildman–Crippen LogP) is 0.757. The van der Waals surface area contributed by atoms with Gasteiger partial charge in [-0.15, -0.1) is 0 Å². The Morgan fingerprint density at radius 3 is 3.00 bits per heavy atom. The van der Waals surface area contributed by atoms with E-state index in [1.54, 1.807) is 0 Å². The topological polar surface area (TPSA) is 48.3 Å². The van der Waals surface area contributed by atoms with E-state index in [4.69, 9.17) is 9.47 Å². The Kier molecular flexibility index (Phi) is 4.74. The predicted molar refractivity (Wildman–Crippen MR) is 69.7 cm³/mol. The summed E-state index contributed by atoms with van der Waals surface area (Å²) >= 11 is 0. The van der Waals surface area contributed by atoms with Crippen LogP contribution in [-0.2, 0) is 22.4 Å². The highest BCUT2D eigenvalue weighted by Gasteiger charge is 2.25. The highest BCUT2D eigenvalue weighted by atomic mass is 16.6. The third kappa shape index (κ3) is 3.10. The lowest BCUT2D eigenvalue weighted by molar-refractivity contribution is -0.101. The van der Waals surface area contributed by atoms with Gasteiger partial charge in [-0.05, 0) is 27.0 Å². The van der Waals surface area contributed by atoms with Crippen molar-refractivity contribution in [2.24, 2.45) is 0 Å². The van der Waals surface area contributed by atoms with Gasteiger partial charge in [0, 0.05) is 24.7 Å². The van der Waals surface area contributed by atoms with Crippen LogP contribution in [0.1, 0.15) is 18.3 Å². The van der Waals surface area contributed by atoms with E-state index < -0.39 is 0 Å². The van der Waals surface area contributed by atoms with Crippen LogP contribution >= 0.6 is 0 Å². The largest absolute Gasteiger partial charge is 0.376 e. The fourth-order valence-electron chi connectivity index (χ4n) is 2.42. The summed E-state index contributed by atoms with van der Waals surface area (Å²) in [5.41, 5.74) is 2.33. The summed E-state index contributed by atoms with van der Waals surface area (Å²) in [5.74, 6) is 0. The molecular weight excluding hydrogens is 230 g/mol. The smallest absolute Gasteiger partial charge is 0.0965 e. The van der Waals surface area contributed by atoms with Crippen LogP contribution in [-0.4, -0.2) is 48.8 Å². The number of likely N-dealkylation sites (N-methyl/N-ethyl adjacent to an activating group) is 1. The van der Waals surface area contributed by atoms with Gasteiger partial charge in [0.1, 0.15) is 0 Å². The van der Waals surface area contributed by atoms with Gasteiger partial charge in [0.05, 0.1) is 31.6 Å². The maximum Gasteiger partial charge on any atom is 0.0965 e. The Hall–Kier alpha value is -0.910. The first-order valence-electron chi connectivity index (χ1n) is 6.64. The van der Waals surface area contributed by atoms with Gasteiger partial charge in [-0.1, -0.05) is 0 Å². The molecule has 0 aliphatic carbocycles. The van der Waals surface area contributed by atoms with E-state index in [0.717, 1.165) is 18.7 Å². The third-order valence-electron chi connectivity index (χ3n) is 3.38. The number of rotatable bonds is 5. The minimum atomic E-state index is 0.129.